The molecule has 0 unspecified atom stereocenters. The van der Waals surface area contributed by atoms with E-state index in [2.05, 4.69) is 20.8 Å². The van der Waals surface area contributed by atoms with Gasteiger partial charge in [0.1, 0.15) is 5.76 Å². The number of hydrogen-bond donors (Lipinski definition) is 2. The van der Waals surface area contributed by atoms with Crippen LogP contribution in [0.5, 0.6) is 0 Å². The van der Waals surface area contributed by atoms with Crippen molar-refractivity contribution in [3.05, 3.63) is 46.3 Å². The first-order valence-electron chi connectivity index (χ1n) is 8.31. The van der Waals surface area contributed by atoms with Gasteiger partial charge in [0.25, 0.3) is 0 Å². The van der Waals surface area contributed by atoms with Crippen LogP contribution in [0.3, 0.4) is 0 Å². The summed E-state index contributed by atoms with van der Waals surface area (Å²) in [6.45, 7) is 10.9. The molecule has 0 amide bonds. The summed E-state index contributed by atoms with van der Waals surface area (Å²) in [7, 11) is 0. The Hall–Kier alpha value is -1.28. The maximum atomic E-state index is 10.1. The van der Waals surface area contributed by atoms with Crippen molar-refractivity contribution >= 4 is 0 Å². The predicted octanol–water partition coefficient (Wildman–Crippen LogP) is 5.62. The van der Waals surface area contributed by atoms with Gasteiger partial charge in [0, 0.05) is 0 Å². The Bertz CT molecular complexity index is 502. The van der Waals surface area contributed by atoms with Crippen molar-refractivity contribution in [2.45, 2.75) is 66.7 Å². The molecule has 0 saturated heterocycles. The van der Waals surface area contributed by atoms with E-state index in [-0.39, 0.29) is 6.61 Å². The van der Waals surface area contributed by atoms with E-state index in [0.29, 0.717) is 11.2 Å². The van der Waals surface area contributed by atoms with Gasteiger partial charge in [-0.15, -0.1) is 0 Å². The lowest BCUT2D eigenvalue weighted by atomic mass is 9.71. The van der Waals surface area contributed by atoms with E-state index in [1.54, 1.807) is 23.3 Å². The van der Waals surface area contributed by atoms with Crippen molar-refractivity contribution in [2.75, 3.05) is 6.61 Å². The summed E-state index contributed by atoms with van der Waals surface area (Å²) in [5.74, 6) is 0.345. The standard InChI is InChI=1S/C20H32O2/c1-15(12-14-21)8-11-19(22)17(3)9-10-18-16(2)7-6-13-20(18,4)5/h8,11-12,21-22H,6-7,9-10,13-14H2,1-5H3/b11-8+,15-12+,19-17-. The van der Waals surface area contributed by atoms with Gasteiger partial charge in [0.15, 0.2) is 0 Å². The SMILES string of the molecule is CC1=C(CC/C(C)=C(O)/C=C/C(C)=C/CO)C(C)(C)CCC1. The highest BCUT2D eigenvalue weighted by Gasteiger charge is 2.27. The molecule has 2 heteroatoms. The molecule has 1 aliphatic carbocycles. The highest BCUT2D eigenvalue weighted by molar-refractivity contribution is 5.28. The van der Waals surface area contributed by atoms with E-state index >= 15 is 0 Å². The zero-order chi connectivity index (χ0) is 16.8. The topological polar surface area (TPSA) is 40.5 Å². The maximum Gasteiger partial charge on any atom is 0.114 e. The van der Waals surface area contributed by atoms with E-state index in [1.165, 1.54) is 19.3 Å². The predicted molar refractivity (Wildman–Crippen MR) is 94.9 cm³/mol. The minimum absolute atomic E-state index is 0.0299. The molecule has 1 rings (SSSR count). The average Bonchev–Trinajstić information content (AvgIpc) is 2.43. The molecule has 22 heavy (non-hydrogen) atoms. The van der Waals surface area contributed by atoms with Crippen molar-refractivity contribution in [2.24, 2.45) is 5.41 Å². The summed E-state index contributed by atoms with van der Waals surface area (Å²) >= 11 is 0. The first kappa shape index (κ1) is 18.8. The van der Waals surface area contributed by atoms with Crippen LogP contribution in [0.2, 0.25) is 0 Å². The van der Waals surface area contributed by atoms with Crippen molar-refractivity contribution in [1.29, 1.82) is 0 Å². The van der Waals surface area contributed by atoms with Crippen LogP contribution in [-0.2, 0) is 0 Å². The van der Waals surface area contributed by atoms with Gasteiger partial charge in [-0.2, -0.15) is 0 Å². The normalized spacial score (nSPS) is 20.5. The van der Waals surface area contributed by atoms with E-state index in [9.17, 15) is 5.11 Å². The quantitative estimate of drug-likeness (QED) is 0.380. The van der Waals surface area contributed by atoms with Crippen LogP contribution in [0, 0.1) is 5.41 Å². The molecule has 124 valence electrons. The fourth-order valence-corrected chi connectivity index (χ4v) is 3.23. The molecule has 0 heterocycles. The van der Waals surface area contributed by atoms with Gasteiger partial charge in [0.2, 0.25) is 0 Å². The fraction of sp³-hybridized carbons (Fsp3) is 0.600. The fourth-order valence-electron chi connectivity index (χ4n) is 3.23. The molecule has 2 nitrogen and oxygen atoms in total. The smallest absolute Gasteiger partial charge is 0.114 e. The van der Waals surface area contributed by atoms with E-state index < -0.39 is 0 Å². The Morgan fingerprint density at radius 3 is 2.50 bits per heavy atom. The molecular formula is C20H32O2. The maximum absolute atomic E-state index is 10.1. The molecule has 0 fully saturated rings. The third kappa shape index (κ3) is 5.49. The molecule has 0 aromatic rings. The van der Waals surface area contributed by atoms with Gasteiger partial charge in [-0.25, -0.2) is 0 Å². The summed E-state index contributed by atoms with van der Waals surface area (Å²) in [4.78, 5) is 0. The van der Waals surface area contributed by atoms with Crippen LogP contribution >= 0.6 is 0 Å². The summed E-state index contributed by atoms with van der Waals surface area (Å²) in [5, 5.41) is 19.0. The van der Waals surface area contributed by atoms with Crippen LogP contribution in [-0.4, -0.2) is 16.8 Å². The molecule has 0 radical (unpaired) electrons. The van der Waals surface area contributed by atoms with Gasteiger partial charge >= 0.3 is 0 Å². The third-order valence-electron chi connectivity index (χ3n) is 4.79. The number of hydrogen-bond acceptors (Lipinski definition) is 2. The van der Waals surface area contributed by atoms with Crippen molar-refractivity contribution < 1.29 is 10.2 Å². The van der Waals surface area contributed by atoms with Crippen LogP contribution in [0.25, 0.3) is 0 Å². The zero-order valence-corrected chi connectivity index (χ0v) is 14.9. The molecule has 0 aromatic heterocycles. The molecule has 0 spiro atoms. The molecule has 0 atom stereocenters. The lowest BCUT2D eigenvalue weighted by molar-refractivity contribution is 0.342. The van der Waals surface area contributed by atoms with Gasteiger partial charge in [0.05, 0.1) is 6.61 Å². The van der Waals surface area contributed by atoms with Gasteiger partial charge in [-0.05, 0) is 69.9 Å². The second-order valence-corrected chi connectivity index (χ2v) is 7.13. The lowest BCUT2D eigenvalue weighted by Gasteiger charge is -2.35. The average molecular weight is 304 g/mol. The minimum atomic E-state index is 0.0299. The Morgan fingerprint density at radius 1 is 1.23 bits per heavy atom. The number of allylic oxidation sites excluding steroid dienone is 6. The van der Waals surface area contributed by atoms with Gasteiger partial charge < -0.3 is 10.2 Å². The summed E-state index contributed by atoms with van der Waals surface area (Å²) in [6.07, 6.45) is 11.0. The zero-order valence-electron chi connectivity index (χ0n) is 14.9. The molecule has 1 aliphatic rings. The van der Waals surface area contributed by atoms with Crippen LogP contribution in [0.1, 0.15) is 66.7 Å². The molecular weight excluding hydrogens is 272 g/mol. The van der Waals surface area contributed by atoms with E-state index in [1.807, 2.05) is 19.9 Å². The van der Waals surface area contributed by atoms with E-state index in [0.717, 1.165) is 24.0 Å². The molecule has 2 N–H and O–H groups in total. The van der Waals surface area contributed by atoms with Gasteiger partial charge in [-0.3, -0.25) is 0 Å². The van der Waals surface area contributed by atoms with Crippen LogP contribution in [0.15, 0.2) is 46.3 Å². The summed E-state index contributed by atoms with van der Waals surface area (Å²) < 4.78 is 0. The molecule has 0 saturated carbocycles. The Labute approximate surface area is 135 Å². The first-order chi connectivity index (χ1) is 10.3. The second-order valence-electron chi connectivity index (χ2n) is 7.13. The number of rotatable bonds is 6. The lowest BCUT2D eigenvalue weighted by Crippen LogP contribution is -2.20. The first-order valence-corrected chi connectivity index (χ1v) is 8.31. The number of aliphatic hydroxyl groups excluding tert-OH is 2. The Kier molecular flexibility index (Phi) is 7.15. The molecule has 0 aromatic carbocycles. The highest BCUT2D eigenvalue weighted by Crippen LogP contribution is 2.42. The van der Waals surface area contributed by atoms with Crippen molar-refractivity contribution in [3.63, 3.8) is 0 Å². The van der Waals surface area contributed by atoms with Crippen LogP contribution < -0.4 is 0 Å². The Morgan fingerprint density at radius 2 is 1.91 bits per heavy atom. The van der Waals surface area contributed by atoms with Gasteiger partial charge in [-0.1, -0.05) is 42.7 Å². The third-order valence-corrected chi connectivity index (χ3v) is 4.79. The number of aliphatic hydroxyl groups is 2. The van der Waals surface area contributed by atoms with Crippen molar-refractivity contribution in [3.8, 4) is 0 Å². The second kappa shape index (κ2) is 8.38. The largest absolute Gasteiger partial charge is 0.508 e. The van der Waals surface area contributed by atoms with Crippen LogP contribution in [0.4, 0.5) is 0 Å². The summed E-state index contributed by atoms with van der Waals surface area (Å²) in [6, 6.07) is 0. The highest BCUT2D eigenvalue weighted by atomic mass is 16.3. The summed E-state index contributed by atoms with van der Waals surface area (Å²) in [5.41, 5.74) is 5.39. The van der Waals surface area contributed by atoms with E-state index in [4.69, 9.17) is 5.11 Å². The monoisotopic (exact) mass is 304 g/mol. The Balaban J connectivity index is 2.74. The minimum Gasteiger partial charge on any atom is -0.508 e. The van der Waals surface area contributed by atoms with Crippen molar-refractivity contribution in [1.82, 2.24) is 0 Å². The molecule has 0 bridgehead atoms. The molecule has 0 aliphatic heterocycles.